The maximum Gasteiger partial charge on any atom is 0.329 e. The molecule has 1 aliphatic heterocycles. The first-order valence-electron chi connectivity index (χ1n) is 6.95. The molecule has 1 aromatic carbocycles. The topological polar surface area (TPSA) is 94.1 Å². The Kier molecular flexibility index (Phi) is 5.21. The van der Waals surface area contributed by atoms with Crippen LogP contribution in [0.1, 0.15) is 12.8 Å². The van der Waals surface area contributed by atoms with Crippen LogP contribution < -0.4 is 14.8 Å². The van der Waals surface area contributed by atoms with Gasteiger partial charge in [0.2, 0.25) is 0 Å². The number of nitrogens with one attached hydrogen (secondary N) is 1. The highest BCUT2D eigenvalue weighted by Crippen LogP contribution is 2.21. The van der Waals surface area contributed by atoms with Gasteiger partial charge in [-0.2, -0.15) is 0 Å². The van der Waals surface area contributed by atoms with E-state index in [1.807, 2.05) is 0 Å². The Hall–Kier alpha value is -2.28. The number of carbonyl (C=O) groups excluding carboxylic acids is 1. The van der Waals surface area contributed by atoms with E-state index in [-0.39, 0.29) is 19.4 Å². The number of rotatable bonds is 6. The van der Waals surface area contributed by atoms with Crippen molar-refractivity contribution in [2.45, 2.75) is 18.4 Å². The summed E-state index contributed by atoms with van der Waals surface area (Å²) in [4.78, 5) is 23.4. The second-order valence-corrected chi connectivity index (χ2v) is 5.01. The normalized spacial score (nSPS) is 16.6. The first kappa shape index (κ1) is 16.1. The zero-order chi connectivity index (χ0) is 16.0. The zero-order valence-electron chi connectivity index (χ0n) is 12.3. The molecule has 0 aliphatic carbocycles. The Balaban J connectivity index is 1.89. The van der Waals surface area contributed by atoms with Crippen LogP contribution in [0.3, 0.4) is 0 Å². The molecule has 1 fully saturated rings. The lowest BCUT2D eigenvalue weighted by Crippen LogP contribution is -2.58. The van der Waals surface area contributed by atoms with Crippen LogP contribution >= 0.6 is 0 Å². The van der Waals surface area contributed by atoms with Crippen molar-refractivity contribution >= 4 is 11.9 Å². The van der Waals surface area contributed by atoms with Gasteiger partial charge in [0.05, 0.1) is 7.11 Å². The van der Waals surface area contributed by atoms with Crippen LogP contribution in [-0.2, 0) is 14.3 Å². The molecule has 2 rings (SSSR count). The fourth-order valence-electron chi connectivity index (χ4n) is 2.24. The van der Waals surface area contributed by atoms with E-state index in [4.69, 9.17) is 14.2 Å². The van der Waals surface area contributed by atoms with Crippen LogP contribution in [-0.4, -0.2) is 49.5 Å². The Bertz CT molecular complexity index is 521. The molecule has 0 spiro atoms. The van der Waals surface area contributed by atoms with E-state index in [0.29, 0.717) is 24.7 Å². The Morgan fingerprint density at radius 3 is 2.36 bits per heavy atom. The van der Waals surface area contributed by atoms with E-state index in [1.54, 1.807) is 31.4 Å². The van der Waals surface area contributed by atoms with Crippen molar-refractivity contribution in [1.82, 2.24) is 5.32 Å². The van der Waals surface area contributed by atoms with Gasteiger partial charge in [-0.3, -0.25) is 4.79 Å². The Labute approximate surface area is 128 Å². The fraction of sp³-hybridized carbons (Fsp3) is 0.467. The number of carbonyl (C=O) groups is 2. The molecule has 2 N–H and O–H groups in total. The molecule has 1 aliphatic rings. The third-order valence-corrected chi connectivity index (χ3v) is 3.56. The van der Waals surface area contributed by atoms with Gasteiger partial charge in [-0.15, -0.1) is 0 Å². The highest BCUT2D eigenvalue weighted by molar-refractivity contribution is 5.87. The van der Waals surface area contributed by atoms with Crippen molar-refractivity contribution in [2.24, 2.45) is 0 Å². The monoisotopic (exact) mass is 309 g/mol. The van der Waals surface area contributed by atoms with Crippen LogP contribution in [0.25, 0.3) is 0 Å². The molecule has 0 saturated carbocycles. The standard InChI is InChI=1S/C15H19NO6/c1-20-11-2-4-12(5-3-11)22-10-13(17)16-15(14(18)19)6-8-21-9-7-15/h2-5H,6-10H2,1H3,(H,16,17)(H,18,19). The number of methoxy groups -OCH3 is 1. The van der Waals surface area contributed by atoms with Gasteiger partial charge in [0.1, 0.15) is 17.0 Å². The van der Waals surface area contributed by atoms with E-state index in [9.17, 15) is 14.7 Å². The molecule has 0 bridgehead atoms. The van der Waals surface area contributed by atoms with Crippen molar-refractivity contribution in [1.29, 1.82) is 0 Å². The first-order valence-corrected chi connectivity index (χ1v) is 6.95. The summed E-state index contributed by atoms with van der Waals surface area (Å²) >= 11 is 0. The van der Waals surface area contributed by atoms with Gasteiger partial charge in [0.15, 0.2) is 6.61 Å². The second-order valence-electron chi connectivity index (χ2n) is 5.01. The van der Waals surface area contributed by atoms with Crippen LogP contribution in [0.2, 0.25) is 0 Å². The predicted octanol–water partition coefficient (Wildman–Crippen LogP) is 0.824. The van der Waals surface area contributed by atoms with Crippen molar-refractivity contribution in [3.05, 3.63) is 24.3 Å². The van der Waals surface area contributed by atoms with Crippen LogP contribution in [0.5, 0.6) is 11.5 Å². The smallest absolute Gasteiger partial charge is 0.329 e. The first-order chi connectivity index (χ1) is 10.6. The van der Waals surface area contributed by atoms with Crippen molar-refractivity contribution in [2.75, 3.05) is 26.9 Å². The summed E-state index contributed by atoms with van der Waals surface area (Å²) in [5, 5.41) is 11.9. The minimum atomic E-state index is -1.27. The molecule has 1 heterocycles. The van der Waals surface area contributed by atoms with Crippen LogP contribution in [0, 0.1) is 0 Å². The SMILES string of the molecule is COc1ccc(OCC(=O)NC2(C(=O)O)CCOCC2)cc1. The third kappa shape index (κ3) is 3.88. The van der Waals surface area contributed by atoms with Crippen molar-refractivity contribution in [3.8, 4) is 11.5 Å². The third-order valence-electron chi connectivity index (χ3n) is 3.56. The van der Waals surface area contributed by atoms with Gasteiger partial charge in [0, 0.05) is 26.1 Å². The summed E-state index contributed by atoms with van der Waals surface area (Å²) in [5.41, 5.74) is -1.27. The van der Waals surface area contributed by atoms with Crippen LogP contribution in [0.4, 0.5) is 0 Å². The van der Waals surface area contributed by atoms with Crippen LogP contribution in [0.15, 0.2) is 24.3 Å². The molecule has 22 heavy (non-hydrogen) atoms. The van der Waals surface area contributed by atoms with Gasteiger partial charge >= 0.3 is 5.97 Å². The van der Waals surface area contributed by atoms with E-state index in [2.05, 4.69) is 5.32 Å². The fourth-order valence-corrected chi connectivity index (χ4v) is 2.24. The summed E-state index contributed by atoms with van der Waals surface area (Å²) < 4.78 is 15.5. The highest BCUT2D eigenvalue weighted by Gasteiger charge is 2.41. The number of hydrogen-bond acceptors (Lipinski definition) is 5. The van der Waals surface area contributed by atoms with Gasteiger partial charge < -0.3 is 24.6 Å². The molecule has 120 valence electrons. The predicted molar refractivity (Wildman–Crippen MR) is 77.1 cm³/mol. The highest BCUT2D eigenvalue weighted by atomic mass is 16.5. The molecule has 1 saturated heterocycles. The summed E-state index contributed by atoms with van der Waals surface area (Å²) in [7, 11) is 1.56. The summed E-state index contributed by atoms with van der Waals surface area (Å²) in [5.74, 6) is -0.329. The molecule has 0 atom stereocenters. The number of hydrogen-bond donors (Lipinski definition) is 2. The lowest BCUT2D eigenvalue weighted by atomic mass is 9.90. The minimum Gasteiger partial charge on any atom is -0.497 e. The van der Waals surface area contributed by atoms with Gasteiger partial charge in [-0.1, -0.05) is 0 Å². The quantitative estimate of drug-likeness (QED) is 0.808. The molecule has 0 radical (unpaired) electrons. The summed E-state index contributed by atoms with van der Waals surface area (Å²) in [6.07, 6.45) is 0.493. The summed E-state index contributed by atoms with van der Waals surface area (Å²) in [6, 6.07) is 6.77. The second kappa shape index (κ2) is 7.13. The zero-order valence-corrected chi connectivity index (χ0v) is 12.3. The maximum atomic E-state index is 12.0. The molecule has 1 aromatic rings. The lowest BCUT2D eigenvalue weighted by Gasteiger charge is -2.33. The van der Waals surface area contributed by atoms with E-state index in [1.165, 1.54) is 0 Å². The molecule has 7 heteroatoms. The Morgan fingerprint density at radius 2 is 1.82 bits per heavy atom. The average Bonchev–Trinajstić information content (AvgIpc) is 2.54. The number of amides is 1. The molecular weight excluding hydrogens is 290 g/mol. The number of ether oxygens (including phenoxy) is 3. The maximum absolute atomic E-state index is 12.0. The molecule has 0 unspecified atom stereocenters. The van der Waals surface area contributed by atoms with Gasteiger partial charge in [-0.25, -0.2) is 4.79 Å². The van der Waals surface area contributed by atoms with E-state index < -0.39 is 17.4 Å². The van der Waals surface area contributed by atoms with Crippen molar-refractivity contribution < 1.29 is 28.9 Å². The average molecular weight is 309 g/mol. The summed E-state index contributed by atoms with van der Waals surface area (Å²) in [6.45, 7) is 0.375. The number of benzene rings is 1. The van der Waals surface area contributed by atoms with Crippen molar-refractivity contribution in [3.63, 3.8) is 0 Å². The number of carboxylic acid groups (broad SMARTS) is 1. The molecular formula is C15H19NO6. The van der Waals surface area contributed by atoms with Gasteiger partial charge in [-0.05, 0) is 24.3 Å². The van der Waals surface area contributed by atoms with E-state index in [0.717, 1.165) is 0 Å². The Morgan fingerprint density at radius 1 is 1.23 bits per heavy atom. The molecule has 0 aromatic heterocycles. The van der Waals surface area contributed by atoms with Gasteiger partial charge in [0.25, 0.3) is 5.91 Å². The molecule has 1 amide bonds. The lowest BCUT2D eigenvalue weighted by molar-refractivity contribution is -0.152. The number of aliphatic carboxylic acids is 1. The minimum absolute atomic E-state index is 0.247. The van der Waals surface area contributed by atoms with E-state index >= 15 is 0 Å². The molecule has 7 nitrogen and oxygen atoms in total. The largest absolute Gasteiger partial charge is 0.497 e. The number of carboxylic acids is 1.